The number of aromatic nitrogens is 1. The minimum Gasteiger partial charge on any atom is -0.309 e. The molecule has 4 heteroatoms. The SMILES string of the molecule is CC1(C2CC2)CN(Cc2nc3ccccc3s2)CCN1. The largest absolute Gasteiger partial charge is 0.309 e. The van der Waals surface area contributed by atoms with E-state index in [4.69, 9.17) is 4.98 Å². The Morgan fingerprint density at radius 1 is 1.40 bits per heavy atom. The van der Waals surface area contributed by atoms with Gasteiger partial charge in [-0.2, -0.15) is 0 Å². The van der Waals surface area contributed by atoms with E-state index in [2.05, 4.69) is 41.4 Å². The van der Waals surface area contributed by atoms with Gasteiger partial charge in [-0.1, -0.05) is 12.1 Å². The van der Waals surface area contributed by atoms with Crippen LogP contribution in [0, 0.1) is 5.92 Å². The molecule has 0 radical (unpaired) electrons. The summed E-state index contributed by atoms with van der Waals surface area (Å²) in [4.78, 5) is 7.35. The Bertz CT molecular complexity index is 586. The van der Waals surface area contributed by atoms with E-state index in [1.165, 1.54) is 22.5 Å². The lowest BCUT2D eigenvalue weighted by Crippen LogP contribution is -2.59. The van der Waals surface area contributed by atoms with Gasteiger partial charge in [-0.3, -0.25) is 4.90 Å². The summed E-state index contributed by atoms with van der Waals surface area (Å²) in [7, 11) is 0. The molecule has 1 aromatic heterocycles. The monoisotopic (exact) mass is 287 g/mol. The highest BCUT2D eigenvalue weighted by molar-refractivity contribution is 7.18. The summed E-state index contributed by atoms with van der Waals surface area (Å²) in [5.41, 5.74) is 1.47. The molecular weight excluding hydrogens is 266 g/mol. The van der Waals surface area contributed by atoms with Crippen LogP contribution in [-0.2, 0) is 6.54 Å². The van der Waals surface area contributed by atoms with E-state index in [0.29, 0.717) is 5.54 Å². The predicted molar refractivity (Wildman–Crippen MR) is 84.0 cm³/mol. The van der Waals surface area contributed by atoms with Crippen LogP contribution in [0.25, 0.3) is 10.2 Å². The van der Waals surface area contributed by atoms with Gasteiger partial charge in [-0.15, -0.1) is 11.3 Å². The third kappa shape index (κ3) is 2.36. The van der Waals surface area contributed by atoms with Crippen LogP contribution in [0.1, 0.15) is 24.8 Å². The highest BCUT2D eigenvalue weighted by Crippen LogP contribution is 2.41. The van der Waals surface area contributed by atoms with Crippen molar-refractivity contribution in [2.45, 2.75) is 31.8 Å². The van der Waals surface area contributed by atoms with Crippen molar-refractivity contribution in [2.24, 2.45) is 5.92 Å². The van der Waals surface area contributed by atoms with Gasteiger partial charge in [0, 0.05) is 25.2 Å². The van der Waals surface area contributed by atoms with Crippen molar-refractivity contribution in [3.63, 3.8) is 0 Å². The smallest absolute Gasteiger partial charge is 0.108 e. The molecule has 1 N–H and O–H groups in total. The van der Waals surface area contributed by atoms with Gasteiger partial charge in [0.25, 0.3) is 0 Å². The molecule has 0 spiro atoms. The minimum atomic E-state index is 0.328. The standard InChI is InChI=1S/C16H21N3S/c1-16(12-6-7-12)11-19(9-8-17-16)10-15-18-13-4-2-3-5-14(13)20-15/h2-5,12,17H,6-11H2,1H3. The normalized spacial score (nSPS) is 28.1. The van der Waals surface area contributed by atoms with E-state index in [9.17, 15) is 0 Å². The molecule has 20 heavy (non-hydrogen) atoms. The molecule has 0 bridgehead atoms. The van der Waals surface area contributed by atoms with Gasteiger partial charge in [-0.05, 0) is 37.8 Å². The fourth-order valence-electron chi connectivity index (χ4n) is 3.41. The fourth-order valence-corrected chi connectivity index (χ4v) is 4.42. The first kappa shape index (κ1) is 12.7. The van der Waals surface area contributed by atoms with Gasteiger partial charge in [0.1, 0.15) is 5.01 Å². The molecular formula is C16H21N3S. The number of fused-ring (bicyclic) bond motifs is 1. The summed E-state index contributed by atoms with van der Waals surface area (Å²) in [6, 6.07) is 8.45. The number of rotatable bonds is 3. The van der Waals surface area contributed by atoms with Gasteiger partial charge in [0.05, 0.1) is 16.8 Å². The second-order valence-electron chi connectivity index (χ2n) is 6.40. The molecule has 0 amide bonds. The molecule has 1 aromatic carbocycles. The quantitative estimate of drug-likeness (QED) is 0.941. The van der Waals surface area contributed by atoms with Gasteiger partial charge in [-0.25, -0.2) is 4.98 Å². The Morgan fingerprint density at radius 2 is 2.25 bits per heavy atom. The number of hydrogen-bond donors (Lipinski definition) is 1. The molecule has 106 valence electrons. The molecule has 2 fully saturated rings. The molecule has 1 saturated heterocycles. The van der Waals surface area contributed by atoms with E-state index in [-0.39, 0.29) is 0 Å². The number of piperazine rings is 1. The van der Waals surface area contributed by atoms with Crippen LogP contribution in [0.2, 0.25) is 0 Å². The first-order chi connectivity index (χ1) is 9.73. The molecule has 3 nitrogen and oxygen atoms in total. The molecule has 1 unspecified atom stereocenters. The molecule has 1 aliphatic carbocycles. The van der Waals surface area contributed by atoms with E-state index in [0.717, 1.165) is 37.6 Å². The molecule has 2 aliphatic rings. The zero-order valence-corrected chi connectivity index (χ0v) is 12.7. The Hall–Kier alpha value is -0.970. The maximum Gasteiger partial charge on any atom is 0.108 e. The van der Waals surface area contributed by atoms with E-state index < -0.39 is 0 Å². The lowest BCUT2D eigenvalue weighted by Gasteiger charge is -2.41. The molecule has 1 atom stereocenters. The second kappa shape index (κ2) is 4.79. The topological polar surface area (TPSA) is 28.2 Å². The number of thiazole rings is 1. The summed E-state index contributed by atoms with van der Waals surface area (Å²) in [6.45, 7) is 6.81. The van der Waals surface area contributed by atoms with Crippen LogP contribution in [0.5, 0.6) is 0 Å². The van der Waals surface area contributed by atoms with Crippen LogP contribution in [0.4, 0.5) is 0 Å². The Balaban J connectivity index is 1.50. The highest BCUT2D eigenvalue weighted by Gasteiger charge is 2.43. The predicted octanol–water partition coefficient (Wildman–Crippen LogP) is 2.87. The van der Waals surface area contributed by atoms with E-state index in [1.54, 1.807) is 0 Å². The minimum absolute atomic E-state index is 0.328. The lowest BCUT2D eigenvalue weighted by molar-refractivity contribution is 0.121. The van der Waals surface area contributed by atoms with Crippen molar-refractivity contribution in [3.8, 4) is 0 Å². The number of nitrogens with zero attached hydrogens (tertiary/aromatic N) is 2. The van der Waals surface area contributed by atoms with Crippen molar-refractivity contribution in [1.82, 2.24) is 15.2 Å². The highest BCUT2D eigenvalue weighted by atomic mass is 32.1. The summed E-state index contributed by atoms with van der Waals surface area (Å²) < 4.78 is 1.31. The third-order valence-electron chi connectivity index (χ3n) is 4.68. The van der Waals surface area contributed by atoms with E-state index >= 15 is 0 Å². The molecule has 2 aromatic rings. The number of benzene rings is 1. The fraction of sp³-hybridized carbons (Fsp3) is 0.562. The average molecular weight is 287 g/mol. The zero-order chi connectivity index (χ0) is 13.6. The average Bonchev–Trinajstić information content (AvgIpc) is 3.21. The van der Waals surface area contributed by atoms with Crippen LogP contribution in [0.15, 0.2) is 24.3 Å². The molecule has 4 rings (SSSR count). The maximum atomic E-state index is 4.77. The molecule has 1 saturated carbocycles. The van der Waals surface area contributed by atoms with Gasteiger partial charge >= 0.3 is 0 Å². The molecule has 1 aliphatic heterocycles. The van der Waals surface area contributed by atoms with Gasteiger partial charge in [0.2, 0.25) is 0 Å². The Kier molecular flexibility index (Phi) is 3.05. The van der Waals surface area contributed by atoms with Crippen molar-refractivity contribution in [2.75, 3.05) is 19.6 Å². The summed E-state index contributed by atoms with van der Waals surface area (Å²) in [5, 5.41) is 5.00. The zero-order valence-electron chi connectivity index (χ0n) is 11.9. The van der Waals surface area contributed by atoms with Gasteiger partial charge in [0.15, 0.2) is 0 Å². The Morgan fingerprint density at radius 3 is 3.05 bits per heavy atom. The first-order valence-corrected chi connectivity index (χ1v) is 8.36. The van der Waals surface area contributed by atoms with Crippen LogP contribution in [-0.4, -0.2) is 35.1 Å². The van der Waals surface area contributed by atoms with Gasteiger partial charge < -0.3 is 5.32 Å². The van der Waals surface area contributed by atoms with Crippen molar-refractivity contribution < 1.29 is 0 Å². The Labute approximate surface area is 124 Å². The van der Waals surface area contributed by atoms with Crippen LogP contribution >= 0.6 is 11.3 Å². The van der Waals surface area contributed by atoms with Crippen molar-refractivity contribution in [1.29, 1.82) is 0 Å². The third-order valence-corrected chi connectivity index (χ3v) is 5.71. The van der Waals surface area contributed by atoms with Crippen LogP contribution < -0.4 is 5.32 Å². The van der Waals surface area contributed by atoms with E-state index in [1.807, 2.05) is 11.3 Å². The number of hydrogen-bond acceptors (Lipinski definition) is 4. The van der Waals surface area contributed by atoms with Crippen LogP contribution in [0.3, 0.4) is 0 Å². The second-order valence-corrected chi connectivity index (χ2v) is 7.52. The molecule has 2 heterocycles. The summed E-state index contributed by atoms with van der Waals surface area (Å²) >= 11 is 1.84. The maximum absolute atomic E-state index is 4.77. The first-order valence-electron chi connectivity index (χ1n) is 7.55. The van der Waals surface area contributed by atoms with Crippen molar-refractivity contribution >= 4 is 21.6 Å². The summed E-state index contributed by atoms with van der Waals surface area (Å²) in [6.07, 6.45) is 2.80. The number of para-hydroxylation sites is 1. The number of nitrogens with one attached hydrogen (secondary N) is 1. The summed E-state index contributed by atoms with van der Waals surface area (Å²) in [5.74, 6) is 0.890. The van der Waals surface area contributed by atoms with Crippen molar-refractivity contribution in [3.05, 3.63) is 29.3 Å². The lowest BCUT2D eigenvalue weighted by atomic mass is 9.93.